The number of unbranched alkanes of at least 4 members (excludes halogenated alkanes) is 3. The summed E-state index contributed by atoms with van der Waals surface area (Å²) in [5.74, 6) is 0.538. The van der Waals surface area contributed by atoms with E-state index in [2.05, 4.69) is 49.2 Å². The van der Waals surface area contributed by atoms with Crippen molar-refractivity contribution in [3.05, 3.63) is 82.8 Å². The lowest BCUT2D eigenvalue weighted by atomic mass is 9.93. The fraction of sp³-hybridized carbons (Fsp3) is 0.405. The molecule has 0 unspecified atom stereocenters. The van der Waals surface area contributed by atoms with Gasteiger partial charge in [0.1, 0.15) is 11.4 Å². The summed E-state index contributed by atoms with van der Waals surface area (Å²) in [5, 5.41) is 17.3. The average molecular weight is 600 g/mol. The number of rotatable bonds is 14. The Labute approximate surface area is 262 Å². The van der Waals surface area contributed by atoms with Crippen LogP contribution in [0.3, 0.4) is 0 Å². The van der Waals surface area contributed by atoms with E-state index in [9.17, 15) is 4.79 Å². The summed E-state index contributed by atoms with van der Waals surface area (Å²) >= 11 is 0. The van der Waals surface area contributed by atoms with Gasteiger partial charge in [-0.1, -0.05) is 68.8 Å². The minimum Gasteiger partial charge on any atom is -0.493 e. The summed E-state index contributed by atoms with van der Waals surface area (Å²) in [4.78, 5) is 16.7. The van der Waals surface area contributed by atoms with Gasteiger partial charge in [-0.2, -0.15) is 5.10 Å². The molecule has 5 rings (SSSR count). The Kier molecular flexibility index (Phi) is 11.2. The first-order valence-electron chi connectivity index (χ1n) is 15.5. The van der Waals surface area contributed by atoms with Crippen molar-refractivity contribution in [1.82, 2.24) is 14.8 Å². The summed E-state index contributed by atoms with van der Waals surface area (Å²) in [6.45, 7) is 7.14. The maximum atomic E-state index is 13.2. The van der Waals surface area contributed by atoms with E-state index in [0.717, 1.165) is 99.6 Å². The number of H-pyrrole nitrogens is 1. The van der Waals surface area contributed by atoms with Crippen LogP contribution in [0.5, 0.6) is 5.75 Å². The Hall–Kier alpha value is -4.10. The van der Waals surface area contributed by atoms with Gasteiger partial charge in [0.2, 0.25) is 0 Å². The van der Waals surface area contributed by atoms with E-state index in [4.69, 9.17) is 19.7 Å². The zero-order valence-corrected chi connectivity index (χ0v) is 25.8. The van der Waals surface area contributed by atoms with E-state index >= 15 is 0 Å². The lowest BCUT2D eigenvalue weighted by Gasteiger charge is -2.11. The van der Waals surface area contributed by atoms with Gasteiger partial charge in [-0.05, 0) is 75.5 Å². The highest BCUT2D eigenvalue weighted by atomic mass is 16.5. The Morgan fingerprint density at radius 1 is 0.932 bits per heavy atom. The Balaban J connectivity index is 0.00000276. The molecule has 0 saturated heterocycles. The number of esters is 1. The molecule has 0 aliphatic carbocycles. The Morgan fingerprint density at radius 3 is 2.50 bits per heavy atom. The highest BCUT2D eigenvalue weighted by Crippen LogP contribution is 2.39. The van der Waals surface area contributed by atoms with Crippen LogP contribution in [0.15, 0.2) is 54.6 Å². The predicted molar refractivity (Wildman–Crippen MR) is 182 cm³/mol. The molecule has 0 radical (unpaired) electrons. The van der Waals surface area contributed by atoms with E-state index in [1.807, 2.05) is 42.9 Å². The third-order valence-electron chi connectivity index (χ3n) is 8.33. The van der Waals surface area contributed by atoms with Crippen molar-refractivity contribution in [3.8, 4) is 16.9 Å². The first-order chi connectivity index (χ1) is 20.9. The average Bonchev–Trinajstić information content (AvgIpc) is 3.51. The van der Waals surface area contributed by atoms with Crippen molar-refractivity contribution in [1.29, 1.82) is 0 Å². The predicted octanol–water partition coefficient (Wildman–Crippen LogP) is 8.50. The first-order valence-corrected chi connectivity index (χ1v) is 15.5. The highest BCUT2D eigenvalue weighted by Gasteiger charge is 2.25. The van der Waals surface area contributed by atoms with Crippen LogP contribution in [0.25, 0.3) is 32.8 Å². The van der Waals surface area contributed by atoms with Gasteiger partial charge >= 0.3 is 5.97 Å². The SMILES string of the molecule is C.CCOC(=O)c1[nH]c2c(-c3c(CCCCCCO)nn(C)c3C)c(C)ccc2c1CCCOc1cccc2ccccc12.[HH]. The van der Waals surface area contributed by atoms with Crippen LogP contribution in [0.2, 0.25) is 0 Å². The molecular formula is C37H49N3O4. The maximum absolute atomic E-state index is 13.2. The minimum atomic E-state index is -0.334. The van der Waals surface area contributed by atoms with Gasteiger partial charge in [-0.3, -0.25) is 4.68 Å². The third kappa shape index (κ3) is 6.83. The highest BCUT2D eigenvalue weighted by molar-refractivity contribution is 6.05. The van der Waals surface area contributed by atoms with Crippen molar-refractivity contribution < 1.29 is 20.8 Å². The molecule has 0 saturated carbocycles. The molecule has 2 heterocycles. The number of carbonyl (C=O) groups is 1. The monoisotopic (exact) mass is 599 g/mol. The number of hydrogen-bond acceptors (Lipinski definition) is 5. The van der Waals surface area contributed by atoms with Gasteiger partial charge in [0, 0.05) is 42.7 Å². The zero-order valence-electron chi connectivity index (χ0n) is 25.8. The molecule has 7 heteroatoms. The molecule has 0 amide bonds. The van der Waals surface area contributed by atoms with Gasteiger partial charge < -0.3 is 19.6 Å². The third-order valence-corrected chi connectivity index (χ3v) is 8.33. The van der Waals surface area contributed by atoms with E-state index in [1.54, 1.807) is 0 Å². The van der Waals surface area contributed by atoms with E-state index in [-0.39, 0.29) is 21.4 Å². The van der Waals surface area contributed by atoms with Crippen molar-refractivity contribution >= 4 is 27.6 Å². The van der Waals surface area contributed by atoms with Crippen molar-refractivity contribution in [2.24, 2.45) is 7.05 Å². The normalized spacial score (nSPS) is 11.2. The topological polar surface area (TPSA) is 89.4 Å². The van der Waals surface area contributed by atoms with Gasteiger partial charge in [0.05, 0.1) is 24.4 Å². The molecule has 0 aliphatic rings. The number of benzene rings is 3. The molecule has 2 N–H and O–H groups in total. The number of aliphatic hydroxyl groups excluding tert-OH is 1. The molecule has 7 nitrogen and oxygen atoms in total. The van der Waals surface area contributed by atoms with Crippen LogP contribution in [0.1, 0.15) is 80.9 Å². The summed E-state index contributed by atoms with van der Waals surface area (Å²) in [6.07, 6.45) is 6.20. The molecule has 5 aromatic rings. The van der Waals surface area contributed by atoms with Gasteiger partial charge in [-0.25, -0.2) is 4.79 Å². The summed E-state index contributed by atoms with van der Waals surface area (Å²) in [6, 6.07) is 18.6. The quantitative estimate of drug-likeness (QED) is 0.0987. The summed E-state index contributed by atoms with van der Waals surface area (Å²) in [7, 11) is 1.99. The molecule has 2 aromatic heterocycles. The molecule has 44 heavy (non-hydrogen) atoms. The second-order valence-corrected chi connectivity index (χ2v) is 11.2. The van der Waals surface area contributed by atoms with Crippen molar-refractivity contribution in [3.63, 3.8) is 0 Å². The Bertz CT molecular complexity index is 1720. The second kappa shape index (κ2) is 15.1. The van der Waals surface area contributed by atoms with Crippen LogP contribution in [0.4, 0.5) is 0 Å². The van der Waals surface area contributed by atoms with E-state index < -0.39 is 0 Å². The second-order valence-electron chi connectivity index (χ2n) is 11.2. The van der Waals surface area contributed by atoms with Gasteiger partial charge in [0.15, 0.2) is 0 Å². The molecule has 0 spiro atoms. The fourth-order valence-corrected chi connectivity index (χ4v) is 6.07. The Morgan fingerprint density at radius 2 is 1.70 bits per heavy atom. The molecule has 3 aromatic carbocycles. The van der Waals surface area contributed by atoms with E-state index in [0.29, 0.717) is 25.3 Å². The molecule has 0 atom stereocenters. The van der Waals surface area contributed by atoms with Crippen LogP contribution in [-0.2, 0) is 24.6 Å². The summed E-state index contributed by atoms with van der Waals surface area (Å²) < 4.78 is 13.7. The number of aromatic amines is 1. The number of aromatic nitrogens is 3. The molecular weight excluding hydrogens is 550 g/mol. The minimum absolute atomic E-state index is 0. The van der Waals surface area contributed by atoms with Crippen molar-refractivity contribution in [2.75, 3.05) is 19.8 Å². The number of nitrogens with zero attached hydrogens (tertiary/aromatic N) is 2. The number of ether oxygens (including phenoxy) is 2. The summed E-state index contributed by atoms with van der Waals surface area (Å²) in [5.41, 5.74) is 7.95. The molecule has 0 aliphatic heterocycles. The maximum Gasteiger partial charge on any atom is 0.355 e. The standard InChI is InChI=1S/C36H43N3O4.CH4.H2/c1-5-42-36(41)35-28(17-13-23-43-31-19-12-15-26-14-9-10-16-27(26)31)29-21-20-24(2)32(34(29)37-35)33-25(3)39(4)38-30(33)18-8-6-7-11-22-40;;/h9-10,12,14-16,19-21,37,40H,5-8,11,13,17-18,22-23H2,1-4H3;1H4;1H. The lowest BCUT2D eigenvalue weighted by molar-refractivity contribution is 0.0519. The number of aliphatic hydroxyl groups is 1. The smallest absolute Gasteiger partial charge is 0.355 e. The number of aryl methyl sites for hydroxylation is 4. The van der Waals surface area contributed by atoms with Crippen molar-refractivity contribution in [2.45, 2.75) is 73.1 Å². The van der Waals surface area contributed by atoms with Gasteiger partial charge in [0.25, 0.3) is 0 Å². The molecule has 236 valence electrons. The lowest BCUT2D eigenvalue weighted by Crippen LogP contribution is -2.09. The van der Waals surface area contributed by atoms with Crippen LogP contribution < -0.4 is 4.74 Å². The zero-order chi connectivity index (χ0) is 30.3. The number of hydrogen-bond donors (Lipinski definition) is 2. The van der Waals surface area contributed by atoms with Crippen LogP contribution >= 0.6 is 0 Å². The first kappa shape index (κ1) is 32.8. The number of fused-ring (bicyclic) bond motifs is 2. The van der Waals surface area contributed by atoms with E-state index in [1.165, 1.54) is 0 Å². The fourth-order valence-electron chi connectivity index (χ4n) is 6.07. The largest absolute Gasteiger partial charge is 0.493 e. The molecule has 0 fully saturated rings. The number of carbonyl (C=O) groups excluding carboxylic acids is 1. The van der Waals surface area contributed by atoms with Gasteiger partial charge in [-0.15, -0.1) is 0 Å². The number of nitrogens with one attached hydrogen (secondary N) is 1. The van der Waals surface area contributed by atoms with Crippen LogP contribution in [0, 0.1) is 13.8 Å². The molecule has 0 bridgehead atoms. The van der Waals surface area contributed by atoms with Crippen LogP contribution in [-0.4, -0.2) is 45.7 Å².